The number of ether oxygens (including phenoxy) is 2. The lowest BCUT2D eigenvalue weighted by molar-refractivity contribution is 0.355. The van der Waals surface area contributed by atoms with E-state index in [0.717, 1.165) is 34.1 Å². The number of hydrogen-bond acceptors (Lipinski definition) is 4. The van der Waals surface area contributed by atoms with Crippen molar-refractivity contribution in [2.75, 3.05) is 19.5 Å². The first-order valence-electron chi connectivity index (χ1n) is 6.77. The van der Waals surface area contributed by atoms with Gasteiger partial charge in [-0.1, -0.05) is 6.07 Å². The van der Waals surface area contributed by atoms with Gasteiger partial charge in [-0.05, 0) is 37.5 Å². The third-order valence-corrected chi connectivity index (χ3v) is 3.54. The van der Waals surface area contributed by atoms with Crippen LogP contribution < -0.4 is 14.8 Å². The molecule has 106 valence electrons. The van der Waals surface area contributed by atoms with E-state index in [1.165, 1.54) is 12.8 Å². The van der Waals surface area contributed by atoms with Crippen molar-refractivity contribution in [3.8, 4) is 22.6 Å². The summed E-state index contributed by atoms with van der Waals surface area (Å²) in [7, 11) is 3.29. The van der Waals surface area contributed by atoms with Gasteiger partial charge in [-0.2, -0.15) is 5.10 Å². The summed E-state index contributed by atoms with van der Waals surface area (Å²) in [6, 6.07) is 6.49. The summed E-state index contributed by atoms with van der Waals surface area (Å²) >= 11 is 0. The average molecular weight is 273 g/mol. The lowest BCUT2D eigenvalue weighted by Gasteiger charge is -2.11. The number of rotatable bonds is 5. The standard InChI is InChI=1S/C15H19N3O2/c1-9-14(15(18-17-9)16-11-5-6-11)10-4-7-12(19-2)13(8-10)20-3/h4,7-8,11H,5-6H2,1-3H3,(H2,16,17,18). The minimum Gasteiger partial charge on any atom is -0.493 e. The molecule has 0 amide bonds. The maximum atomic E-state index is 5.37. The molecule has 0 unspecified atom stereocenters. The predicted octanol–water partition coefficient (Wildman–Crippen LogP) is 2.98. The van der Waals surface area contributed by atoms with Crippen LogP contribution in [0.1, 0.15) is 18.5 Å². The van der Waals surface area contributed by atoms with Crippen molar-refractivity contribution in [2.45, 2.75) is 25.8 Å². The molecule has 0 atom stereocenters. The van der Waals surface area contributed by atoms with Crippen LogP contribution in [0.4, 0.5) is 5.82 Å². The van der Waals surface area contributed by atoms with Crippen molar-refractivity contribution >= 4 is 5.82 Å². The Balaban J connectivity index is 2.01. The third-order valence-electron chi connectivity index (χ3n) is 3.54. The number of methoxy groups -OCH3 is 2. The summed E-state index contributed by atoms with van der Waals surface area (Å²) in [5, 5.41) is 10.9. The Morgan fingerprint density at radius 1 is 1.20 bits per heavy atom. The molecule has 2 aromatic rings. The fraction of sp³-hybridized carbons (Fsp3) is 0.400. The predicted molar refractivity (Wildman–Crippen MR) is 78.5 cm³/mol. The van der Waals surface area contributed by atoms with Gasteiger partial charge in [0.2, 0.25) is 0 Å². The summed E-state index contributed by atoms with van der Waals surface area (Å²) in [4.78, 5) is 0. The second-order valence-corrected chi connectivity index (χ2v) is 5.06. The molecule has 2 N–H and O–H groups in total. The van der Waals surface area contributed by atoms with E-state index in [2.05, 4.69) is 15.5 Å². The van der Waals surface area contributed by atoms with E-state index in [1.54, 1.807) is 14.2 Å². The average Bonchev–Trinajstić information content (AvgIpc) is 3.21. The molecule has 0 radical (unpaired) electrons. The maximum Gasteiger partial charge on any atom is 0.161 e. The van der Waals surface area contributed by atoms with Crippen molar-refractivity contribution < 1.29 is 9.47 Å². The highest BCUT2D eigenvalue weighted by Crippen LogP contribution is 2.37. The zero-order valence-corrected chi connectivity index (χ0v) is 12.0. The Morgan fingerprint density at radius 3 is 2.60 bits per heavy atom. The molecule has 5 heteroatoms. The Morgan fingerprint density at radius 2 is 1.95 bits per heavy atom. The Hall–Kier alpha value is -2.17. The summed E-state index contributed by atoms with van der Waals surface area (Å²) in [6.07, 6.45) is 2.44. The third kappa shape index (κ3) is 2.31. The molecular formula is C15H19N3O2. The molecule has 1 aromatic heterocycles. The first-order valence-corrected chi connectivity index (χ1v) is 6.77. The largest absolute Gasteiger partial charge is 0.493 e. The highest BCUT2D eigenvalue weighted by atomic mass is 16.5. The fourth-order valence-electron chi connectivity index (χ4n) is 2.30. The molecule has 1 heterocycles. The zero-order valence-electron chi connectivity index (χ0n) is 12.0. The van der Waals surface area contributed by atoms with E-state index in [0.29, 0.717) is 6.04 Å². The van der Waals surface area contributed by atoms with Crippen molar-refractivity contribution in [2.24, 2.45) is 0 Å². The lowest BCUT2D eigenvalue weighted by atomic mass is 10.0. The second-order valence-electron chi connectivity index (χ2n) is 5.06. The zero-order chi connectivity index (χ0) is 14.1. The molecule has 1 aliphatic carbocycles. The van der Waals surface area contributed by atoms with Crippen molar-refractivity contribution in [1.29, 1.82) is 0 Å². The fourth-order valence-corrected chi connectivity index (χ4v) is 2.30. The van der Waals surface area contributed by atoms with Crippen molar-refractivity contribution in [3.63, 3.8) is 0 Å². The van der Waals surface area contributed by atoms with E-state index >= 15 is 0 Å². The van der Waals surface area contributed by atoms with Crippen LogP contribution in [0.25, 0.3) is 11.1 Å². The monoisotopic (exact) mass is 273 g/mol. The summed E-state index contributed by atoms with van der Waals surface area (Å²) < 4.78 is 10.7. The van der Waals surface area contributed by atoms with Crippen molar-refractivity contribution in [3.05, 3.63) is 23.9 Å². The van der Waals surface area contributed by atoms with Crippen LogP contribution in [0.2, 0.25) is 0 Å². The molecule has 1 saturated carbocycles. The van der Waals surface area contributed by atoms with Crippen LogP contribution in [0.5, 0.6) is 11.5 Å². The minimum atomic E-state index is 0.566. The van der Waals surface area contributed by atoms with Gasteiger partial charge in [0.15, 0.2) is 17.3 Å². The van der Waals surface area contributed by atoms with Gasteiger partial charge in [-0.3, -0.25) is 5.10 Å². The summed E-state index contributed by atoms with van der Waals surface area (Å²) in [5.74, 6) is 2.37. The van der Waals surface area contributed by atoms with Gasteiger partial charge in [-0.25, -0.2) is 0 Å². The molecule has 0 spiro atoms. The van der Waals surface area contributed by atoms with Gasteiger partial charge in [0.05, 0.1) is 14.2 Å². The molecule has 0 saturated heterocycles. The SMILES string of the molecule is COc1ccc(-c2c(NC3CC3)n[nH]c2C)cc1OC. The number of anilines is 1. The summed E-state index contributed by atoms with van der Waals surface area (Å²) in [6.45, 7) is 2.02. The van der Waals surface area contributed by atoms with E-state index in [9.17, 15) is 0 Å². The Kier molecular flexibility index (Phi) is 3.26. The smallest absolute Gasteiger partial charge is 0.161 e. The van der Waals surface area contributed by atoms with Crippen molar-refractivity contribution in [1.82, 2.24) is 10.2 Å². The van der Waals surface area contributed by atoms with Gasteiger partial charge in [0.1, 0.15) is 0 Å². The van der Waals surface area contributed by atoms with Crippen LogP contribution in [0.15, 0.2) is 18.2 Å². The maximum absolute atomic E-state index is 5.37. The molecule has 0 bridgehead atoms. The molecule has 20 heavy (non-hydrogen) atoms. The highest BCUT2D eigenvalue weighted by molar-refractivity contribution is 5.79. The van der Waals surface area contributed by atoms with Crippen LogP contribution in [0, 0.1) is 6.92 Å². The van der Waals surface area contributed by atoms with Gasteiger partial charge < -0.3 is 14.8 Å². The minimum absolute atomic E-state index is 0.566. The van der Waals surface area contributed by atoms with Crippen LogP contribution in [0.3, 0.4) is 0 Å². The summed E-state index contributed by atoms with van der Waals surface area (Å²) in [5.41, 5.74) is 3.20. The van der Waals surface area contributed by atoms with E-state index in [4.69, 9.17) is 9.47 Å². The van der Waals surface area contributed by atoms with Gasteiger partial charge >= 0.3 is 0 Å². The number of nitrogens with zero attached hydrogens (tertiary/aromatic N) is 1. The number of aromatic nitrogens is 2. The molecule has 1 aromatic carbocycles. The molecular weight excluding hydrogens is 254 g/mol. The van der Waals surface area contributed by atoms with E-state index in [-0.39, 0.29) is 0 Å². The van der Waals surface area contributed by atoms with Gasteiger partial charge in [0.25, 0.3) is 0 Å². The number of benzene rings is 1. The van der Waals surface area contributed by atoms with E-state index in [1.807, 2.05) is 25.1 Å². The number of aromatic amines is 1. The first kappa shape index (κ1) is 12.8. The number of hydrogen-bond donors (Lipinski definition) is 2. The Bertz CT molecular complexity index is 618. The molecule has 3 rings (SSSR count). The van der Waals surface area contributed by atoms with Gasteiger partial charge in [0, 0.05) is 17.3 Å². The van der Waals surface area contributed by atoms with Crippen LogP contribution >= 0.6 is 0 Å². The number of aryl methyl sites for hydroxylation is 1. The quantitative estimate of drug-likeness (QED) is 0.879. The molecule has 1 aliphatic rings. The van der Waals surface area contributed by atoms with Crippen LogP contribution in [-0.4, -0.2) is 30.5 Å². The van der Waals surface area contributed by atoms with Gasteiger partial charge in [-0.15, -0.1) is 0 Å². The first-order chi connectivity index (χ1) is 9.72. The normalized spacial score (nSPS) is 14.2. The topological polar surface area (TPSA) is 59.2 Å². The second kappa shape index (κ2) is 5.07. The number of nitrogens with one attached hydrogen (secondary N) is 2. The molecule has 0 aliphatic heterocycles. The van der Waals surface area contributed by atoms with E-state index < -0.39 is 0 Å². The molecule has 1 fully saturated rings. The van der Waals surface area contributed by atoms with Crippen LogP contribution in [-0.2, 0) is 0 Å². The lowest BCUT2D eigenvalue weighted by Crippen LogP contribution is -2.02. The number of H-pyrrole nitrogens is 1. The Labute approximate surface area is 118 Å². The molecule has 5 nitrogen and oxygen atoms in total. The highest BCUT2D eigenvalue weighted by Gasteiger charge is 2.24.